The average molecular weight is 426 g/mol. The van der Waals surface area contributed by atoms with Crippen molar-refractivity contribution in [1.82, 2.24) is 4.90 Å². The zero-order valence-corrected chi connectivity index (χ0v) is 18.6. The number of benzene rings is 2. The van der Waals surface area contributed by atoms with Crippen LogP contribution in [0.15, 0.2) is 76.2 Å². The van der Waals surface area contributed by atoms with Gasteiger partial charge in [-0.1, -0.05) is 63.2 Å². The summed E-state index contributed by atoms with van der Waals surface area (Å²) in [6.45, 7) is 6.85. The topological polar surface area (TPSA) is 67.6 Å². The first-order chi connectivity index (χ1) is 14.1. The molecule has 0 aliphatic rings. The van der Waals surface area contributed by atoms with Gasteiger partial charge in [-0.3, -0.25) is 4.79 Å². The summed E-state index contributed by atoms with van der Waals surface area (Å²) < 4.78 is 30.7. The lowest BCUT2D eigenvalue weighted by Gasteiger charge is -2.20. The second-order valence-electron chi connectivity index (χ2n) is 8.46. The molecule has 3 rings (SSSR count). The smallest absolute Gasteiger partial charge is 0.289 e. The second-order valence-corrected chi connectivity index (χ2v) is 10.4. The number of rotatable bonds is 6. The lowest BCUT2D eigenvalue weighted by atomic mass is 9.87. The van der Waals surface area contributed by atoms with Crippen molar-refractivity contribution in [2.24, 2.45) is 0 Å². The summed E-state index contributed by atoms with van der Waals surface area (Å²) in [7, 11) is -1.89. The molecule has 0 bridgehead atoms. The molecule has 1 heterocycles. The summed E-state index contributed by atoms with van der Waals surface area (Å²) in [5.74, 6) is -0.579. The highest BCUT2D eigenvalue weighted by atomic mass is 32.2. The number of furan rings is 1. The molecule has 158 valence electrons. The van der Waals surface area contributed by atoms with E-state index in [1.54, 1.807) is 43.4 Å². The number of nitrogens with zero attached hydrogens (tertiary/aromatic N) is 1. The van der Waals surface area contributed by atoms with Gasteiger partial charge in [0, 0.05) is 19.2 Å². The molecule has 0 fully saturated rings. The molecule has 5 nitrogen and oxygen atoms in total. The molecule has 0 atom stereocenters. The molecule has 6 heteroatoms. The lowest BCUT2D eigenvalue weighted by molar-refractivity contribution is 0.0752. The van der Waals surface area contributed by atoms with E-state index >= 15 is 0 Å². The van der Waals surface area contributed by atoms with Gasteiger partial charge in [-0.05, 0) is 34.7 Å². The monoisotopic (exact) mass is 425 g/mol. The van der Waals surface area contributed by atoms with Gasteiger partial charge in [-0.2, -0.15) is 0 Å². The molecule has 0 radical (unpaired) electrons. The number of hydrogen-bond donors (Lipinski definition) is 0. The van der Waals surface area contributed by atoms with Crippen molar-refractivity contribution in [1.29, 1.82) is 0 Å². The third-order valence-electron chi connectivity index (χ3n) is 4.98. The predicted molar refractivity (Wildman–Crippen MR) is 117 cm³/mol. The predicted octanol–water partition coefficient (Wildman–Crippen LogP) is 4.82. The van der Waals surface area contributed by atoms with Crippen LogP contribution in [0, 0.1) is 0 Å². The Balaban J connectivity index is 1.74. The van der Waals surface area contributed by atoms with E-state index in [1.807, 2.05) is 12.1 Å². The highest BCUT2D eigenvalue weighted by molar-refractivity contribution is 7.90. The number of hydrogen-bond acceptors (Lipinski definition) is 4. The van der Waals surface area contributed by atoms with Crippen molar-refractivity contribution in [3.63, 3.8) is 0 Å². The fraction of sp³-hybridized carbons (Fsp3) is 0.292. The van der Waals surface area contributed by atoms with Gasteiger partial charge >= 0.3 is 0 Å². The Morgan fingerprint density at radius 2 is 1.60 bits per heavy atom. The average Bonchev–Trinajstić information content (AvgIpc) is 3.15. The summed E-state index contributed by atoms with van der Waals surface area (Å²) in [6.07, 6.45) is 1.36. The summed E-state index contributed by atoms with van der Waals surface area (Å²) >= 11 is 0. The standard InChI is InChI=1S/C24H27NO4S/c1-24(2,3)20-12-10-18(11-13-20)16-25(4)23(26)22-19(14-15-29-22)17-30(27,28)21-8-6-5-7-9-21/h5-15H,16-17H2,1-4H3. The van der Waals surface area contributed by atoms with Crippen LogP contribution in [0.2, 0.25) is 0 Å². The van der Waals surface area contributed by atoms with Gasteiger partial charge < -0.3 is 9.32 Å². The van der Waals surface area contributed by atoms with E-state index in [4.69, 9.17) is 4.42 Å². The van der Waals surface area contributed by atoms with Crippen LogP contribution in [0.3, 0.4) is 0 Å². The third kappa shape index (κ3) is 5.00. The molecule has 2 aromatic carbocycles. The second kappa shape index (κ2) is 8.48. The normalized spacial score (nSPS) is 12.0. The molecule has 0 saturated heterocycles. The molecule has 1 amide bonds. The first kappa shape index (κ1) is 21.8. The van der Waals surface area contributed by atoms with E-state index in [9.17, 15) is 13.2 Å². The summed E-state index contributed by atoms with van der Waals surface area (Å²) in [6, 6.07) is 17.9. The van der Waals surface area contributed by atoms with Crippen LogP contribution in [0.1, 0.15) is 48.0 Å². The molecule has 1 aromatic heterocycles. The van der Waals surface area contributed by atoms with E-state index in [1.165, 1.54) is 16.7 Å². The quantitative estimate of drug-likeness (QED) is 0.568. The zero-order valence-electron chi connectivity index (χ0n) is 17.8. The van der Waals surface area contributed by atoms with Crippen molar-refractivity contribution < 1.29 is 17.6 Å². The summed E-state index contributed by atoms with van der Waals surface area (Å²) in [5.41, 5.74) is 2.63. The van der Waals surface area contributed by atoms with Crippen molar-refractivity contribution in [3.05, 3.63) is 89.4 Å². The molecule has 0 unspecified atom stereocenters. The summed E-state index contributed by atoms with van der Waals surface area (Å²) in [4.78, 5) is 14.7. The number of sulfone groups is 1. The minimum Gasteiger partial charge on any atom is -0.459 e. The number of carbonyl (C=O) groups excluding carboxylic acids is 1. The van der Waals surface area contributed by atoms with Crippen LogP contribution in [0.25, 0.3) is 0 Å². The fourth-order valence-corrected chi connectivity index (χ4v) is 4.56. The highest BCUT2D eigenvalue weighted by Gasteiger charge is 2.24. The van der Waals surface area contributed by atoms with Crippen molar-refractivity contribution in [2.75, 3.05) is 7.05 Å². The van der Waals surface area contributed by atoms with Crippen LogP contribution in [0.4, 0.5) is 0 Å². The number of carbonyl (C=O) groups is 1. The lowest BCUT2D eigenvalue weighted by Crippen LogP contribution is -2.27. The van der Waals surface area contributed by atoms with Crippen molar-refractivity contribution in [3.8, 4) is 0 Å². The Kier molecular flexibility index (Phi) is 6.17. The maximum atomic E-state index is 12.9. The molecule has 0 spiro atoms. The van der Waals surface area contributed by atoms with Crippen LogP contribution < -0.4 is 0 Å². The van der Waals surface area contributed by atoms with Crippen LogP contribution >= 0.6 is 0 Å². The maximum absolute atomic E-state index is 12.9. The molecule has 30 heavy (non-hydrogen) atoms. The number of amides is 1. The first-order valence-electron chi connectivity index (χ1n) is 9.77. The molecule has 3 aromatic rings. The SMILES string of the molecule is CN(Cc1ccc(C(C)(C)C)cc1)C(=O)c1occc1CS(=O)(=O)c1ccccc1. The van der Waals surface area contributed by atoms with E-state index < -0.39 is 9.84 Å². The Hall–Kier alpha value is -2.86. The van der Waals surface area contributed by atoms with E-state index in [0.29, 0.717) is 12.1 Å². The van der Waals surface area contributed by atoms with E-state index in [0.717, 1.165) is 5.56 Å². The van der Waals surface area contributed by atoms with Gasteiger partial charge in [0.1, 0.15) is 0 Å². The Morgan fingerprint density at radius 1 is 0.967 bits per heavy atom. The van der Waals surface area contributed by atoms with Gasteiger partial charge in [0.2, 0.25) is 0 Å². The molecular formula is C24H27NO4S. The third-order valence-corrected chi connectivity index (χ3v) is 6.66. The minimum atomic E-state index is -3.57. The molecular weight excluding hydrogens is 398 g/mol. The fourth-order valence-electron chi connectivity index (χ4n) is 3.18. The van der Waals surface area contributed by atoms with Gasteiger partial charge in [-0.15, -0.1) is 0 Å². The van der Waals surface area contributed by atoms with Crippen molar-refractivity contribution >= 4 is 15.7 Å². The van der Waals surface area contributed by atoms with E-state index in [2.05, 4.69) is 32.9 Å². The molecule has 0 saturated carbocycles. The summed E-state index contributed by atoms with van der Waals surface area (Å²) in [5, 5.41) is 0. The molecule has 0 aliphatic carbocycles. The zero-order chi connectivity index (χ0) is 21.9. The first-order valence-corrected chi connectivity index (χ1v) is 11.4. The van der Waals surface area contributed by atoms with Crippen LogP contribution in [-0.4, -0.2) is 26.3 Å². The van der Waals surface area contributed by atoms with Gasteiger partial charge in [0.05, 0.1) is 16.9 Å². The Morgan fingerprint density at radius 3 is 2.20 bits per heavy atom. The van der Waals surface area contributed by atoms with Gasteiger partial charge in [0.15, 0.2) is 15.6 Å². The maximum Gasteiger partial charge on any atom is 0.289 e. The van der Waals surface area contributed by atoms with Crippen LogP contribution in [-0.2, 0) is 27.5 Å². The van der Waals surface area contributed by atoms with Gasteiger partial charge in [0.25, 0.3) is 5.91 Å². The molecule has 0 N–H and O–H groups in total. The largest absolute Gasteiger partial charge is 0.459 e. The highest BCUT2D eigenvalue weighted by Crippen LogP contribution is 2.24. The van der Waals surface area contributed by atoms with E-state index in [-0.39, 0.29) is 27.7 Å². The Labute approximate surface area is 178 Å². The Bertz CT molecular complexity index is 1110. The van der Waals surface area contributed by atoms with Gasteiger partial charge in [-0.25, -0.2) is 8.42 Å². The molecule has 0 aliphatic heterocycles. The van der Waals surface area contributed by atoms with Crippen molar-refractivity contribution in [2.45, 2.75) is 43.4 Å². The van der Waals surface area contributed by atoms with Crippen LogP contribution in [0.5, 0.6) is 0 Å². The minimum absolute atomic E-state index is 0.0586.